The fourth-order valence-corrected chi connectivity index (χ4v) is 2.51. The maximum absolute atomic E-state index is 6.01. The number of aromatic nitrogens is 3. The number of halogens is 1. The van der Waals surface area contributed by atoms with Gasteiger partial charge in [0.05, 0.1) is 6.54 Å². The number of nitrogens with two attached hydrogens (primary N) is 1. The highest BCUT2D eigenvalue weighted by molar-refractivity contribution is 14.0. The van der Waals surface area contributed by atoms with Crippen LogP contribution in [-0.4, -0.2) is 21.1 Å². The third-order valence-electron chi connectivity index (χ3n) is 3.82. The molecule has 4 N–H and O–H groups in total. The van der Waals surface area contributed by atoms with Crippen LogP contribution >= 0.6 is 24.0 Å². The van der Waals surface area contributed by atoms with E-state index in [1.807, 2.05) is 43.3 Å². The Morgan fingerprint density at radius 1 is 1.15 bits per heavy atom. The molecule has 0 fully saturated rings. The average Bonchev–Trinajstić information content (AvgIpc) is 3.07. The molecule has 0 aliphatic rings. The fraction of sp³-hybridized carbons (Fsp3) is 0.211. The summed E-state index contributed by atoms with van der Waals surface area (Å²) in [6.45, 7) is 4.49. The number of hydrogen-bond donors (Lipinski definition) is 3. The van der Waals surface area contributed by atoms with Crippen molar-refractivity contribution in [3.8, 4) is 11.4 Å². The fourth-order valence-electron chi connectivity index (χ4n) is 2.51. The summed E-state index contributed by atoms with van der Waals surface area (Å²) >= 11 is 0. The van der Waals surface area contributed by atoms with Gasteiger partial charge in [-0.2, -0.15) is 5.10 Å². The second-order valence-electron chi connectivity index (χ2n) is 5.83. The summed E-state index contributed by atoms with van der Waals surface area (Å²) in [4.78, 5) is 8.77. The van der Waals surface area contributed by atoms with E-state index < -0.39 is 0 Å². The van der Waals surface area contributed by atoms with E-state index in [1.165, 1.54) is 5.56 Å². The topological polar surface area (TPSA) is 92.0 Å². The molecule has 0 saturated heterocycles. The molecule has 1 heterocycles. The predicted octanol–water partition coefficient (Wildman–Crippen LogP) is 3.89. The number of nitrogens with one attached hydrogen (secondary N) is 2. The molecule has 26 heavy (non-hydrogen) atoms. The van der Waals surface area contributed by atoms with Crippen molar-refractivity contribution in [1.29, 1.82) is 0 Å². The Balaban J connectivity index is 0.00000243. The van der Waals surface area contributed by atoms with Crippen LogP contribution in [0.1, 0.15) is 23.9 Å². The number of guanidine groups is 1. The minimum Gasteiger partial charge on any atom is -0.370 e. The van der Waals surface area contributed by atoms with Gasteiger partial charge in [-0.1, -0.05) is 37.3 Å². The number of nitrogens with zero attached hydrogens (tertiary/aromatic N) is 3. The molecule has 0 aliphatic heterocycles. The molecule has 6 nitrogen and oxygen atoms in total. The van der Waals surface area contributed by atoms with Crippen LogP contribution in [0.2, 0.25) is 0 Å². The summed E-state index contributed by atoms with van der Waals surface area (Å²) in [6.07, 6.45) is 0.986. The third kappa shape index (κ3) is 5.29. The molecule has 0 bridgehead atoms. The highest BCUT2D eigenvalue weighted by atomic mass is 127. The summed E-state index contributed by atoms with van der Waals surface area (Å²) in [7, 11) is 0. The van der Waals surface area contributed by atoms with E-state index in [2.05, 4.69) is 44.5 Å². The quantitative estimate of drug-likeness (QED) is 0.305. The van der Waals surface area contributed by atoms with Gasteiger partial charge in [-0.25, -0.2) is 9.98 Å². The van der Waals surface area contributed by atoms with E-state index in [9.17, 15) is 0 Å². The first kappa shape index (κ1) is 19.9. The molecule has 1 aromatic heterocycles. The van der Waals surface area contributed by atoms with Crippen LogP contribution in [0.25, 0.3) is 11.4 Å². The van der Waals surface area contributed by atoms with E-state index in [4.69, 9.17) is 5.73 Å². The Morgan fingerprint density at radius 3 is 2.65 bits per heavy atom. The summed E-state index contributed by atoms with van der Waals surface area (Å²) < 4.78 is 0. The van der Waals surface area contributed by atoms with Gasteiger partial charge in [0, 0.05) is 11.3 Å². The lowest BCUT2D eigenvalue weighted by Gasteiger charge is -2.07. The van der Waals surface area contributed by atoms with E-state index in [0.717, 1.165) is 29.1 Å². The Hall–Kier alpha value is -2.42. The lowest BCUT2D eigenvalue weighted by Crippen LogP contribution is -2.22. The summed E-state index contributed by atoms with van der Waals surface area (Å²) in [5.74, 6) is 1.87. The molecule has 7 heteroatoms. The number of benzene rings is 2. The zero-order chi connectivity index (χ0) is 17.6. The normalized spacial score (nSPS) is 11.1. The molecule has 0 radical (unpaired) electrons. The van der Waals surface area contributed by atoms with Gasteiger partial charge in [0.25, 0.3) is 0 Å². The molecular weight excluding hydrogens is 439 g/mol. The van der Waals surface area contributed by atoms with Gasteiger partial charge in [-0.15, -0.1) is 24.0 Å². The molecular formula is C19H23IN6. The van der Waals surface area contributed by atoms with Crippen LogP contribution in [0.5, 0.6) is 0 Å². The van der Waals surface area contributed by atoms with Crippen molar-refractivity contribution in [2.24, 2.45) is 10.7 Å². The number of rotatable bonds is 5. The van der Waals surface area contributed by atoms with Gasteiger partial charge < -0.3 is 11.1 Å². The smallest absolute Gasteiger partial charge is 0.193 e. The SMILES string of the molecule is CCc1cccc(NC(N)=NCc2cccc(-c3n[nH]c(C)n3)c2)c1.I. The number of H-pyrrole nitrogens is 1. The standard InChI is InChI=1S/C19H22N6.HI/c1-3-14-6-5-9-17(11-14)23-19(20)21-12-15-7-4-8-16(10-15)18-22-13(2)24-25-18;/h4-11H,3,12H2,1-2H3,(H3,20,21,23)(H,22,24,25);1H. The molecule has 136 valence electrons. The van der Waals surface area contributed by atoms with Crippen molar-refractivity contribution >= 4 is 35.6 Å². The maximum atomic E-state index is 6.01. The monoisotopic (exact) mass is 462 g/mol. The van der Waals surface area contributed by atoms with Crippen molar-refractivity contribution in [3.63, 3.8) is 0 Å². The van der Waals surface area contributed by atoms with Crippen molar-refractivity contribution in [2.45, 2.75) is 26.8 Å². The largest absolute Gasteiger partial charge is 0.370 e. The Bertz CT molecular complexity index is 887. The number of anilines is 1. The van der Waals surface area contributed by atoms with Crippen molar-refractivity contribution in [1.82, 2.24) is 15.2 Å². The molecule has 0 spiro atoms. The zero-order valence-corrected chi connectivity index (χ0v) is 17.2. The van der Waals surface area contributed by atoms with Crippen LogP contribution < -0.4 is 11.1 Å². The second kappa shape index (κ2) is 9.33. The van der Waals surface area contributed by atoms with Crippen LogP contribution in [-0.2, 0) is 13.0 Å². The zero-order valence-electron chi connectivity index (χ0n) is 14.9. The van der Waals surface area contributed by atoms with Gasteiger partial charge >= 0.3 is 0 Å². The van der Waals surface area contributed by atoms with Gasteiger partial charge in [0.15, 0.2) is 11.8 Å². The van der Waals surface area contributed by atoms with Crippen LogP contribution in [0.4, 0.5) is 5.69 Å². The number of hydrogen-bond acceptors (Lipinski definition) is 3. The van der Waals surface area contributed by atoms with E-state index in [1.54, 1.807) is 0 Å². The number of aliphatic imine (C=N–C) groups is 1. The minimum atomic E-state index is 0. The maximum Gasteiger partial charge on any atom is 0.193 e. The van der Waals surface area contributed by atoms with E-state index in [0.29, 0.717) is 18.3 Å². The first-order valence-corrected chi connectivity index (χ1v) is 8.28. The third-order valence-corrected chi connectivity index (χ3v) is 3.82. The van der Waals surface area contributed by atoms with E-state index >= 15 is 0 Å². The van der Waals surface area contributed by atoms with Gasteiger partial charge in [-0.3, -0.25) is 5.10 Å². The highest BCUT2D eigenvalue weighted by Gasteiger charge is 2.04. The van der Waals surface area contributed by atoms with Crippen molar-refractivity contribution in [3.05, 3.63) is 65.5 Å². The predicted molar refractivity (Wildman–Crippen MR) is 117 cm³/mol. The van der Waals surface area contributed by atoms with E-state index in [-0.39, 0.29) is 24.0 Å². The van der Waals surface area contributed by atoms with Gasteiger partial charge in [-0.05, 0) is 42.7 Å². The molecule has 0 atom stereocenters. The summed E-state index contributed by atoms with van der Waals surface area (Å²) in [5, 5.41) is 10.2. The molecule has 0 aliphatic carbocycles. The lowest BCUT2D eigenvalue weighted by molar-refractivity contribution is 1.04. The van der Waals surface area contributed by atoms with Crippen LogP contribution in [0.3, 0.4) is 0 Å². The first-order chi connectivity index (χ1) is 12.1. The molecule has 2 aromatic carbocycles. The highest BCUT2D eigenvalue weighted by Crippen LogP contribution is 2.17. The average molecular weight is 462 g/mol. The summed E-state index contributed by atoms with van der Waals surface area (Å²) in [5.41, 5.74) is 10.2. The lowest BCUT2D eigenvalue weighted by atomic mass is 10.1. The Labute approximate surface area is 170 Å². The minimum absolute atomic E-state index is 0. The second-order valence-corrected chi connectivity index (χ2v) is 5.83. The summed E-state index contributed by atoms with van der Waals surface area (Å²) in [6, 6.07) is 16.1. The number of aryl methyl sites for hydroxylation is 2. The van der Waals surface area contributed by atoms with Crippen molar-refractivity contribution in [2.75, 3.05) is 5.32 Å². The molecule has 0 saturated carbocycles. The number of aromatic amines is 1. The van der Waals surface area contributed by atoms with Crippen LogP contribution in [0, 0.1) is 6.92 Å². The Morgan fingerprint density at radius 2 is 1.92 bits per heavy atom. The van der Waals surface area contributed by atoms with Crippen molar-refractivity contribution < 1.29 is 0 Å². The first-order valence-electron chi connectivity index (χ1n) is 8.28. The Kier molecular flexibility index (Phi) is 7.14. The van der Waals surface area contributed by atoms with Gasteiger partial charge in [0.1, 0.15) is 5.82 Å². The van der Waals surface area contributed by atoms with Crippen LogP contribution in [0.15, 0.2) is 53.5 Å². The molecule has 0 amide bonds. The molecule has 0 unspecified atom stereocenters. The molecule has 3 aromatic rings. The molecule has 3 rings (SSSR count). The van der Waals surface area contributed by atoms with Gasteiger partial charge in [0.2, 0.25) is 0 Å².